The Kier molecular flexibility index (Phi) is 12.4. The molecule has 0 aliphatic carbocycles. The quantitative estimate of drug-likeness (QED) is 0.299. The lowest BCUT2D eigenvalue weighted by atomic mass is 10.1. The SMILES string of the molecule is COC(=O)C(Cc1ccccc1)NC(=O)C(C)SSC(C)C(=O)NC(Cc1ccccc1)C(=O)OC. The molecule has 2 N–H and O–H groups in total. The Morgan fingerprint density at radius 1 is 0.667 bits per heavy atom. The van der Waals surface area contributed by atoms with Gasteiger partial charge in [0.05, 0.1) is 24.7 Å². The molecule has 0 saturated heterocycles. The smallest absolute Gasteiger partial charge is 0.328 e. The van der Waals surface area contributed by atoms with Gasteiger partial charge in [0.2, 0.25) is 11.8 Å². The van der Waals surface area contributed by atoms with Crippen molar-refractivity contribution >= 4 is 45.3 Å². The van der Waals surface area contributed by atoms with Gasteiger partial charge in [-0.3, -0.25) is 9.59 Å². The number of hydrogen-bond acceptors (Lipinski definition) is 8. The van der Waals surface area contributed by atoms with Gasteiger partial charge >= 0.3 is 11.9 Å². The van der Waals surface area contributed by atoms with Gasteiger partial charge in [0.25, 0.3) is 0 Å². The highest BCUT2D eigenvalue weighted by molar-refractivity contribution is 8.77. The topological polar surface area (TPSA) is 111 Å². The van der Waals surface area contributed by atoms with Crippen molar-refractivity contribution in [3.8, 4) is 0 Å². The molecule has 194 valence electrons. The molecule has 2 rings (SSSR count). The number of benzene rings is 2. The zero-order valence-corrected chi connectivity index (χ0v) is 22.4. The molecule has 0 aromatic heterocycles. The van der Waals surface area contributed by atoms with Crippen molar-refractivity contribution < 1.29 is 28.7 Å². The molecular weight excluding hydrogens is 500 g/mol. The summed E-state index contributed by atoms with van der Waals surface area (Å²) in [5.74, 6) is -1.75. The van der Waals surface area contributed by atoms with E-state index in [1.54, 1.807) is 13.8 Å². The van der Waals surface area contributed by atoms with Gasteiger partial charge in [-0.15, -0.1) is 0 Å². The van der Waals surface area contributed by atoms with Crippen molar-refractivity contribution in [1.82, 2.24) is 10.6 Å². The number of rotatable bonds is 13. The highest BCUT2D eigenvalue weighted by Crippen LogP contribution is 2.31. The monoisotopic (exact) mass is 532 g/mol. The lowest BCUT2D eigenvalue weighted by Crippen LogP contribution is -2.46. The lowest BCUT2D eigenvalue weighted by molar-refractivity contribution is -0.145. The van der Waals surface area contributed by atoms with Crippen LogP contribution < -0.4 is 10.6 Å². The van der Waals surface area contributed by atoms with Crippen molar-refractivity contribution in [2.75, 3.05) is 14.2 Å². The fourth-order valence-electron chi connectivity index (χ4n) is 3.20. The first kappa shape index (κ1) is 29.3. The molecule has 0 radical (unpaired) electrons. The standard InChI is InChI=1S/C26H32N2O6S2/c1-17(23(29)27-21(25(31)33-3)15-19-11-7-5-8-12-19)35-36-18(2)24(30)28-22(26(32)34-4)16-20-13-9-6-10-14-20/h5-14,17-18,21-22H,15-16H2,1-4H3,(H,27,29)(H,28,30). The van der Waals surface area contributed by atoms with Crippen LogP contribution in [0.2, 0.25) is 0 Å². The predicted molar refractivity (Wildman–Crippen MR) is 142 cm³/mol. The van der Waals surface area contributed by atoms with E-state index in [2.05, 4.69) is 10.6 Å². The van der Waals surface area contributed by atoms with Gasteiger partial charge in [-0.1, -0.05) is 82.3 Å². The van der Waals surface area contributed by atoms with Crippen LogP contribution in [0.4, 0.5) is 0 Å². The summed E-state index contributed by atoms with van der Waals surface area (Å²) in [4.78, 5) is 49.9. The van der Waals surface area contributed by atoms with E-state index >= 15 is 0 Å². The van der Waals surface area contributed by atoms with Crippen molar-refractivity contribution in [2.24, 2.45) is 0 Å². The molecule has 0 fully saturated rings. The molecule has 2 aromatic carbocycles. The molecule has 0 aliphatic heterocycles. The first-order chi connectivity index (χ1) is 17.2. The minimum Gasteiger partial charge on any atom is -0.467 e. The van der Waals surface area contributed by atoms with Crippen LogP contribution in [0.25, 0.3) is 0 Å². The van der Waals surface area contributed by atoms with Gasteiger partial charge in [0.15, 0.2) is 0 Å². The van der Waals surface area contributed by atoms with Crippen LogP contribution in [-0.4, -0.2) is 60.6 Å². The Hall–Kier alpha value is -2.98. The van der Waals surface area contributed by atoms with Crippen LogP contribution in [0.15, 0.2) is 60.7 Å². The van der Waals surface area contributed by atoms with Gasteiger partial charge in [0, 0.05) is 12.8 Å². The highest BCUT2D eigenvalue weighted by atomic mass is 33.1. The largest absolute Gasteiger partial charge is 0.467 e. The Morgan fingerprint density at radius 2 is 1.00 bits per heavy atom. The number of nitrogens with one attached hydrogen (secondary N) is 2. The number of carbonyl (C=O) groups is 4. The summed E-state index contributed by atoms with van der Waals surface area (Å²) in [6, 6.07) is 17.0. The van der Waals surface area contributed by atoms with Gasteiger partial charge < -0.3 is 20.1 Å². The van der Waals surface area contributed by atoms with E-state index in [0.29, 0.717) is 12.8 Å². The summed E-state index contributed by atoms with van der Waals surface area (Å²) in [5.41, 5.74) is 1.78. The van der Waals surface area contributed by atoms with Crippen LogP contribution in [0.3, 0.4) is 0 Å². The third kappa shape index (κ3) is 9.58. The molecule has 36 heavy (non-hydrogen) atoms. The van der Waals surface area contributed by atoms with E-state index in [4.69, 9.17) is 9.47 Å². The molecule has 10 heteroatoms. The van der Waals surface area contributed by atoms with Crippen molar-refractivity contribution in [3.05, 3.63) is 71.8 Å². The molecule has 0 bridgehead atoms. The zero-order valence-electron chi connectivity index (χ0n) is 20.8. The minimum absolute atomic E-state index is 0.304. The second-order valence-corrected chi connectivity index (χ2v) is 11.0. The Balaban J connectivity index is 1.90. The molecular formula is C26H32N2O6S2. The molecule has 0 spiro atoms. The van der Waals surface area contributed by atoms with Gasteiger partial charge in [-0.05, 0) is 25.0 Å². The molecule has 4 atom stereocenters. The summed E-state index contributed by atoms with van der Waals surface area (Å²) >= 11 is 0. The number of hydrogen-bond donors (Lipinski definition) is 2. The Morgan fingerprint density at radius 3 is 1.31 bits per heavy atom. The number of ether oxygens (including phenoxy) is 2. The van der Waals surface area contributed by atoms with Crippen LogP contribution in [-0.2, 0) is 41.5 Å². The molecule has 0 saturated carbocycles. The van der Waals surface area contributed by atoms with Crippen molar-refractivity contribution in [2.45, 2.75) is 49.3 Å². The van der Waals surface area contributed by atoms with E-state index in [1.807, 2.05) is 60.7 Å². The zero-order chi connectivity index (χ0) is 26.5. The maximum Gasteiger partial charge on any atom is 0.328 e. The summed E-state index contributed by atoms with van der Waals surface area (Å²) in [6.07, 6.45) is 0.609. The molecule has 8 nitrogen and oxygen atoms in total. The Bertz CT molecular complexity index is 925. The minimum atomic E-state index is -0.822. The molecule has 4 unspecified atom stereocenters. The average molecular weight is 533 g/mol. The van der Waals surface area contributed by atoms with Crippen molar-refractivity contribution in [1.29, 1.82) is 0 Å². The van der Waals surface area contributed by atoms with E-state index in [1.165, 1.54) is 35.8 Å². The molecule has 2 amide bonds. The van der Waals surface area contributed by atoms with Gasteiger partial charge in [0.1, 0.15) is 12.1 Å². The van der Waals surface area contributed by atoms with Crippen LogP contribution in [0.5, 0.6) is 0 Å². The second kappa shape index (κ2) is 15.2. The van der Waals surface area contributed by atoms with E-state index < -0.39 is 34.5 Å². The van der Waals surface area contributed by atoms with Gasteiger partial charge in [-0.2, -0.15) is 0 Å². The van der Waals surface area contributed by atoms with Crippen molar-refractivity contribution in [3.63, 3.8) is 0 Å². The first-order valence-corrected chi connectivity index (χ1v) is 13.7. The van der Waals surface area contributed by atoms with Crippen LogP contribution in [0, 0.1) is 0 Å². The normalized spacial score (nSPS) is 14.0. The fourth-order valence-corrected chi connectivity index (χ4v) is 5.37. The fraction of sp³-hybridized carbons (Fsp3) is 0.385. The molecule has 0 heterocycles. The average Bonchev–Trinajstić information content (AvgIpc) is 2.90. The Labute approximate surface area is 219 Å². The third-order valence-electron chi connectivity index (χ3n) is 5.25. The van der Waals surface area contributed by atoms with Crippen LogP contribution >= 0.6 is 21.6 Å². The summed E-state index contributed by atoms with van der Waals surface area (Å²) < 4.78 is 9.69. The highest BCUT2D eigenvalue weighted by Gasteiger charge is 2.28. The van der Waals surface area contributed by atoms with Crippen LogP contribution in [0.1, 0.15) is 25.0 Å². The number of amides is 2. The van der Waals surface area contributed by atoms with E-state index in [-0.39, 0.29) is 11.8 Å². The second-order valence-electron chi connectivity index (χ2n) is 8.03. The predicted octanol–water partition coefficient (Wildman–Crippen LogP) is 2.95. The number of methoxy groups -OCH3 is 2. The third-order valence-corrected chi connectivity index (χ3v) is 8.43. The maximum absolute atomic E-state index is 12.7. The summed E-state index contributed by atoms with van der Waals surface area (Å²) in [7, 11) is 4.97. The van der Waals surface area contributed by atoms with E-state index in [0.717, 1.165) is 11.1 Å². The lowest BCUT2D eigenvalue weighted by Gasteiger charge is -2.21. The van der Waals surface area contributed by atoms with E-state index in [9.17, 15) is 19.2 Å². The first-order valence-electron chi connectivity index (χ1n) is 11.4. The number of carbonyl (C=O) groups excluding carboxylic acids is 4. The maximum atomic E-state index is 12.7. The summed E-state index contributed by atoms with van der Waals surface area (Å²) in [5, 5.41) is 4.39. The number of esters is 2. The summed E-state index contributed by atoms with van der Waals surface area (Å²) in [6.45, 7) is 3.39. The molecule has 0 aliphatic rings. The van der Waals surface area contributed by atoms with Gasteiger partial charge in [-0.25, -0.2) is 9.59 Å². The molecule has 2 aromatic rings.